The van der Waals surface area contributed by atoms with Gasteiger partial charge in [0.1, 0.15) is 5.75 Å². The molecule has 0 unspecified atom stereocenters. The van der Waals surface area contributed by atoms with E-state index in [2.05, 4.69) is 0 Å². The lowest BCUT2D eigenvalue weighted by atomic mass is 10.1. The number of rotatable bonds is 5. The van der Waals surface area contributed by atoms with Crippen molar-refractivity contribution in [2.75, 3.05) is 26.9 Å². The van der Waals surface area contributed by atoms with Gasteiger partial charge in [-0.15, -0.1) is 0 Å². The molecule has 3 rings (SSSR count). The molecule has 0 amide bonds. The number of carbonyl (C=O) groups excluding carboxylic acids is 2. The van der Waals surface area contributed by atoms with Crippen LogP contribution in [0.2, 0.25) is 0 Å². The van der Waals surface area contributed by atoms with Gasteiger partial charge in [0.05, 0.1) is 25.9 Å². The Bertz CT molecular complexity index is 766. The van der Waals surface area contributed by atoms with Crippen LogP contribution in [-0.4, -0.2) is 38.7 Å². The van der Waals surface area contributed by atoms with E-state index in [9.17, 15) is 9.59 Å². The first-order valence-corrected chi connectivity index (χ1v) is 7.91. The molecule has 130 valence electrons. The molecule has 0 saturated carbocycles. The van der Waals surface area contributed by atoms with E-state index in [0.717, 1.165) is 6.42 Å². The van der Waals surface area contributed by atoms with E-state index >= 15 is 0 Å². The molecule has 2 aromatic rings. The van der Waals surface area contributed by atoms with E-state index in [1.165, 1.54) is 0 Å². The zero-order valence-electron chi connectivity index (χ0n) is 13.8. The molecule has 0 aliphatic carbocycles. The summed E-state index contributed by atoms with van der Waals surface area (Å²) in [5, 5.41) is 0. The molecule has 0 N–H and O–H groups in total. The van der Waals surface area contributed by atoms with E-state index in [1.54, 1.807) is 49.6 Å². The van der Waals surface area contributed by atoms with Crippen LogP contribution in [-0.2, 0) is 4.74 Å². The van der Waals surface area contributed by atoms with Crippen LogP contribution < -0.4 is 14.2 Å². The van der Waals surface area contributed by atoms with Crippen LogP contribution in [0, 0.1) is 0 Å². The Kier molecular flexibility index (Phi) is 5.18. The molecular formula is C19H18O6. The summed E-state index contributed by atoms with van der Waals surface area (Å²) in [5.41, 5.74) is 0.763. The van der Waals surface area contributed by atoms with Crippen LogP contribution in [0.1, 0.15) is 27.1 Å². The van der Waals surface area contributed by atoms with Crippen molar-refractivity contribution in [1.82, 2.24) is 0 Å². The average Bonchev–Trinajstić information content (AvgIpc) is 2.90. The fourth-order valence-corrected chi connectivity index (χ4v) is 2.36. The molecule has 0 fully saturated rings. The van der Waals surface area contributed by atoms with Gasteiger partial charge in [-0.1, -0.05) is 0 Å². The monoisotopic (exact) mass is 342 g/mol. The van der Waals surface area contributed by atoms with Gasteiger partial charge >= 0.3 is 5.97 Å². The first-order valence-electron chi connectivity index (χ1n) is 7.91. The van der Waals surface area contributed by atoms with E-state index in [-0.39, 0.29) is 12.4 Å². The van der Waals surface area contributed by atoms with Crippen molar-refractivity contribution >= 4 is 11.8 Å². The van der Waals surface area contributed by atoms with Crippen LogP contribution in [0.25, 0.3) is 0 Å². The molecular weight excluding hydrogens is 324 g/mol. The number of Topliss-reactive ketones (excluding diaryl/α,β-unsaturated/α-hetero) is 1. The second-order valence-electron chi connectivity index (χ2n) is 5.44. The highest BCUT2D eigenvalue weighted by Crippen LogP contribution is 2.30. The fraction of sp³-hybridized carbons (Fsp3) is 0.263. The minimum absolute atomic E-state index is 0.308. The molecule has 0 radical (unpaired) electrons. The highest BCUT2D eigenvalue weighted by Gasteiger charge is 2.16. The lowest BCUT2D eigenvalue weighted by Gasteiger charge is -2.09. The molecule has 1 aliphatic heterocycles. The summed E-state index contributed by atoms with van der Waals surface area (Å²) >= 11 is 0. The van der Waals surface area contributed by atoms with Crippen molar-refractivity contribution < 1.29 is 28.5 Å². The van der Waals surface area contributed by atoms with Gasteiger partial charge < -0.3 is 18.9 Å². The van der Waals surface area contributed by atoms with Crippen molar-refractivity contribution in [3.63, 3.8) is 0 Å². The number of ether oxygens (including phenoxy) is 4. The zero-order valence-corrected chi connectivity index (χ0v) is 13.8. The Morgan fingerprint density at radius 3 is 2.36 bits per heavy atom. The van der Waals surface area contributed by atoms with Crippen LogP contribution in [0.5, 0.6) is 17.2 Å². The van der Waals surface area contributed by atoms with E-state index < -0.39 is 5.97 Å². The lowest BCUT2D eigenvalue weighted by Crippen LogP contribution is -2.14. The van der Waals surface area contributed by atoms with Crippen LogP contribution in [0.3, 0.4) is 0 Å². The summed E-state index contributed by atoms with van der Waals surface area (Å²) in [6.07, 6.45) is 0.789. The third kappa shape index (κ3) is 4.09. The summed E-state index contributed by atoms with van der Waals surface area (Å²) in [6, 6.07) is 11.4. The molecule has 2 aromatic carbocycles. The molecule has 1 aliphatic rings. The van der Waals surface area contributed by atoms with E-state index in [1.807, 2.05) is 0 Å². The quantitative estimate of drug-likeness (QED) is 0.615. The number of methoxy groups -OCH3 is 1. The highest BCUT2D eigenvalue weighted by atomic mass is 16.5. The smallest absolute Gasteiger partial charge is 0.338 e. The third-order valence-corrected chi connectivity index (χ3v) is 3.73. The van der Waals surface area contributed by atoms with E-state index in [0.29, 0.717) is 41.6 Å². The summed E-state index contributed by atoms with van der Waals surface area (Å²) in [4.78, 5) is 24.3. The minimum atomic E-state index is -0.564. The summed E-state index contributed by atoms with van der Waals surface area (Å²) in [5.74, 6) is 0.914. The van der Waals surface area contributed by atoms with Crippen molar-refractivity contribution in [2.45, 2.75) is 6.42 Å². The van der Waals surface area contributed by atoms with Gasteiger partial charge in [0.15, 0.2) is 23.9 Å². The predicted molar refractivity (Wildman–Crippen MR) is 89.7 cm³/mol. The summed E-state index contributed by atoms with van der Waals surface area (Å²) in [7, 11) is 1.54. The topological polar surface area (TPSA) is 71.1 Å². The van der Waals surface area contributed by atoms with Gasteiger partial charge in [0, 0.05) is 12.0 Å². The largest absolute Gasteiger partial charge is 0.497 e. The molecule has 6 heteroatoms. The van der Waals surface area contributed by atoms with E-state index in [4.69, 9.17) is 18.9 Å². The lowest BCUT2D eigenvalue weighted by molar-refractivity contribution is 0.0474. The molecule has 0 bridgehead atoms. The summed E-state index contributed by atoms with van der Waals surface area (Å²) < 4.78 is 21.2. The van der Waals surface area contributed by atoms with Crippen molar-refractivity contribution in [1.29, 1.82) is 0 Å². The van der Waals surface area contributed by atoms with Gasteiger partial charge in [-0.05, 0) is 42.5 Å². The number of fused-ring (bicyclic) bond motifs is 1. The fourth-order valence-electron chi connectivity index (χ4n) is 2.36. The molecule has 6 nitrogen and oxygen atoms in total. The molecule has 1 heterocycles. The second-order valence-corrected chi connectivity index (χ2v) is 5.44. The number of hydrogen-bond donors (Lipinski definition) is 0. The highest BCUT2D eigenvalue weighted by molar-refractivity contribution is 5.99. The second kappa shape index (κ2) is 7.70. The summed E-state index contributed by atoms with van der Waals surface area (Å²) in [6.45, 7) is 0.779. The Morgan fingerprint density at radius 2 is 1.64 bits per heavy atom. The standard InChI is InChI=1S/C19H18O6/c1-22-15-6-3-13(4-7-15)19(21)25-12-16(20)14-5-8-17-18(11-14)24-10-2-9-23-17/h3-8,11H,2,9-10,12H2,1H3. The van der Waals surface area contributed by atoms with Gasteiger partial charge in [-0.2, -0.15) is 0 Å². The predicted octanol–water partition coefficient (Wildman–Crippen LogP) is 2.90. The average molecular weight is 342 g/mol. The number of benzene rings is 2. The Hall–Kier alpha value is -3.02. The maximum atomic E-state index is 12.3. The Balaban J connectivity index is 1.62. The Labute approximate surface area is 145 Å². The van der Waals surface area contributed by atoms with Crippen molar-refractivity contribution in [3.8, 4) is 17.2 Å². The first-order chi connectivity index (χ1) is 12.2. The molecule has 0 saturated heterocycles. The SMILES string of the molecule is COc1ccc(C(=O)OCC(=O)c2ccc3c(c2)OCCCO3)cc1. The molecule has 0 spiro atoms. The maximum Gasteiger partial charge on any atom is 0.338 e. The van der Waals surface area contributed by atoms with Crippen molar-refractivity contribution in [2.24, 2.45) is 0 Å². The van der Waals surface area contributed by atoms with Crippen LogP contribution in [0.15, 0.2) is 42.5 Å². The van der Waals surface area contributed by atoms with Crippen LogP contribution >= 0.6 is 0 Å². The van der Waals surface area contributed by atoms with Crippen molar-refractivity contribution in [3.05, 3.63) is 53.6 Å². The number of ketones is 1. The van der Waals surface area contributed by atoms with Gasteiger partial charge in [0.2, 0.25) is 0 Å². The minimum Gasteiger partial charge on any atom is -0.497 e. The number of hydrogen-bond acceptors (Lipinski definition) is 6. The maximum absolute atomic E-state index is 12.3. The normalized spacial score (nSPS) is 12.8. The van der Waals surface area contributed by atoms with Gasteiger partial charge in [-0.25, -0.2) is 4.79 Å². The van der Waals surface area contributed by atoms with Gasteiger partial charge in [-0.3, -0.25) is 4.79 Å². The molecule has 25 heavy (non-hydrogen) atoms. The number of esters is 1. The zero-order chi connectivity index (χ0) is 17.6. The third-order valence-electron chi connectivity index (χ3n) is 3.73. The molecule has 0 atom stereocenters. The number of carbonyl (C=O) groups is 2. The molecule has 0 aromatic heterocycles. The first kappa shape index (κ1) is 16.8. The van der Waals surface area contributed by atoms with Gasteiger partial charge in [0.25, 0.3) is 0 Å². The van der Waals surface area contributed by atoms with Crippen LogP contribution in [0.4, 0.5) is 0 Å². The Morgan fingerprint density at radius 1 is 0.960 bits per heavy atom.